The van der Waals surface area contributed by atoms with Crippen LogP contribution in [-0.4, -0.2) is 99.2 Å². The molecule has 73 heavy (non-hydrogen) atoms. The number of aromatic nitrogens is 4. The molecule has 0 radical (unpaired) electrons. The lowest BCUT2D eigenvalue weighted by Crippen LogP contribution is -2.41. The highest BCUT2D eigenvalue weighted by molar-refractivity contribution is 7.89. The minimum absolute atomic E-state index is 0. The van der Waals surface area contributed by atoms with E-state index in [0.29, 0.717) is 11.1 Å². The van der Waals surface area contributed by atoms with Crippen molar-refractivity contribution in [3.05, 3.63) is 132 Å². The standard InChI is InChI=1S/C26H30F3N5O5S.C21H22F3N5O3S.17H2/c1-17-5-7-18(8-6-17)21-15-22(26(27,28)29)33-34(21)19-9-11-20(12-10-19)40(37,38)32-16-23(35)30-13-14-31-24(36)39-25(2,3)4;1-14-2-4-15(5-3-14)18-12-19(21(22,23)24)28-29(18)16-6-8-17(9-7-16)33(31,32)27-13-20(30)26-11-10-25;;;;;;;;;;;;;;;;;/h5-12,15,32H,13-14,16H2,1-4H3,(H,30,35)(H,31,36);2-9,12,27H,10-11,13,25H2,1H3,(H,26,30);17*1H/i;;16*1+1D;1+1. The number of amides is 3. The second-order valence-electron chi connectivity index (χ2n) is 16.9. The van der Waals surface area contributed by atoms with Gasteiger partial charge in [-0.3, -0.25) is 9.59 Å². The Morgan fingerprint density at radius 2 is 0.945 bits per heavy atom. The van der Waals surface area contributed by atoms with Crippen molar-refractivity contribution in [2.75, 3.05) is 39.3 Å². The van der Waals surface area contributed by atoms with E-state index in [1.54, 1.807) is 69.3 Å². The molecule has 6 aromatic rings. The predicted octanol–water partition coefficient (Wildman–Crippen LogP) is 10.2. The maximum atomic E-state index is 13.4. The van der Waals surface area contributed by atoms with Crippen LogP contribution in [0.5, 0.6) is 0 Å². The zero-order valence-electron chi connectivity index (χ0n) is 71.9. The van der Waals surface area contributed by atoms with Crippen molar-refractivity contribution in [2.24, 2.45) is 5.73 Å². The molecule has 2 heterocycles. The lowest BCUT2D eigenvalue weighted by atomic mass is 10.1. The fourth-order valence-electron chi connectivity index (χ4n) is 6.33. The third kappa shape index (κ3) is 16.4. The van der Waals surface area contributed by atoms with Crippen molar-refractivity contribution in [2.45, 2.75) is 62.4 Å². The van der Waals surface area contributed by atoms with Gasteiger partial charge in [0, 0.05) is 86.2 Å². The first-order chi connectivity index (χ1) is 50.1. The third-order valence-corrected chi connectivity index (χ3v) is 12.7. The van der Waals surface area contributed by atoms with E-state index in [0.717, 1.165) is 32.6 Å². The number of halogens is 6. The van der Waals surface area contributed by atoms with Gasteiger partial charge in [0.05, 0.1) is 45.6 Å². The number of alkyl carbamates (subject to hydrolysis) is 1. The zero-order valence-corrected chi connectivity index (χ0v) is 41.5. The summed E-state index contributed by atoms with van der Waals surface area (Å²) in [5.74, 6) is -1.18. The van der Waals surface area contributed by atoms with Crippen LogP contribution in [0.2, 0.25) is 0 Å². The highest BCUT2D eigenvalue weighted by Gasteiger charge is 2.36. The fraction of sp³-hybridized carbons (Fsp3) is 0.298. The van der Waals surface area contributed by atoms with Crippen molar-refractivity contribution >= 4 is 38.0 Å². The van der Waals surface area contributed by atoms with E-state index in [1.165, 1.54) is 48.5 Å². The Bertz CT molecular complexity index is 3180. The van der Waals surface area contributed by atoms with Crippen LogP contribution in [0.1, 0.15) is 92.2 Å². The molecule has 0 bridgehead atoms. The summed E-state index contributed by atoms with van der Waals surface area (Å²) in [5, 5.41) is 14.7. The summed E-state index contributed by atoms with van der Waals surface area (Å²) < 4.78 is 302. The lowest BCUT2D eigenvalue weighted by Gasteiger charge is -2.19. The number of nitrogens with one attached hydrogen (secondary N) is 5. The van der Waals surface area contributed by atoms with Crippen molar-refractivity contribution in [3.63, 3.8) is 0 Å². The molecule has 0 fully saturated rings. The SMILES string of the molecule is Cc1ccc(-c2cc(C(F)(F)F)nn2-c2ccc(S(=O)(=O)NCC(=O)NCCN)cc2)cc1.Cc1ccc(-c2cc(C(F)(F)F)nn2-c2ccc(S(=O)(=O)NCC(=O)NCCNC(=O)OC(C)(C)C)cc2)cc1.[2HH].[2H][2H].[2H][2H].[2H][2H].[2H][2H].[2H][2H].[2H][2H].[2H][2H].[2H][2H].[2H][2H].[2H][2H].[2H][2H].[2H][2H].[2H][2H].[2H][2H].[2H][2H].[2H][2H]. The van der Waals surface area contributed by atoms with Gasteiger partial charge in [-0.25, -0.2) is 40.4 Å². The number of carbonyl (C=O) groups excluding carboxylic acids is 3. The van der Waals surface area contributed by atoms with Crippen LogP contribution in [0.15, 0.2) is 119 Å². The van der Waals surface area contributed by atoms with Gasteiger partial charge in [-0.2, -0.15) is 36.5 Å². The first-order valence-electron chi connectivity index (χ1n) is 38.0. The molecule has 0 saturated heterocycles. The molecule has 18 nitrogen and oxygen atoms in total. The lowest BCUT2D eigenvalue weighted by molar-refractivity contribution is -0.142. The smallest absolute Gasteiger partial charge is 0.435 e. The normalized spacial score (nSPS) is 13.9. The van der Waals surface area contributed by atoms with Crippen LogP contribution in [0.4, 0.5) is 31.1 Å². The number of hydrogen-bond donors (Lipinski definition) is 6. The molecule has 0 atom stereocenters. The second kappa shape index (κ2) is 23.6. The number of rotatable bonds is 17. The summed E-state index contributed by atoms with van der Waals surface area (Å²) in [4.78, 5) is 34.9. The minimum atomic E-state index is -4.68. The van der Waals surface area contributed by atoms with E-state index in [1.807, 2.05) is 13.8 Å². The van der Waals surface area contributed by atoms with Gasteiger partial charge >= 0.3 is 18.4 Å². The highest BCUT2D eigenvalue weighted by Crippen LogP contribution is 2.35. The van der Waals surface area contributed by atoms with E-state index >= 15 is 0 Å². The number of ether oxygens (including phenoxy) is 1. The van der Waals surface area contributed by atoms with Gasteiger partial charge in [0.25, 0.3) is 0 Å². The van der Waals surface area contributed by atoms with Crippen LogP contribution in [0.3, 0.4) is 0 Å². The number of nitrogens with zero attached hydrogens (tertiary/aromatic N) is 4. The molecule has 2 aromatic heterocycles. The molecule has 6 rings (SSSR count). The quantitative estimate of drug-likeness (QED) is 0.0370. The van der Waals surface area contributed by atoms with E-state index < -0.39 is 80.4 Å². The molecule has 0 aliphatic heterocycles. The van der Waals surface area contributed by atoms with Gasteiger partial charge in [0.15, 0.2) is 11.4 Å². The molecule has 7 N–H and O–H groups in total. The molecule has 26 heteroatoms. The average molecular weight is 1130 g/mol. The molecular weight excluding hydrogens is 1010 g/mol. The van der Waals surface area contributed by atoms with Crippen LogP contribution in [-0.2, 0) is 46.7 Å². The summed E-state index contributed by atoms with van der Waals surface area (Å²) >= 11 is 0. The molecule has 4 aromatic carbocycles. The molecule has 3 amide bonds. The summed E-state index contributed by atoms with van der Waals surface area (Å²) in [6.07, 6.45) is -9.98. The van der Waals surface area contributed by atoms with E-state index in [4.69, 9.17) is 58.0 Å². The number of alkyl halides is 6. The van der Waals surface area contributed by atoms with E-state index in [2.05, 4.69) is 35.6 Å². The fourth-order valence-corrected chi connectivity index (χ4v) is 8.30. The Hall–Kier alpha value is -7.13. The monoisotopic (exact) mass is 1130 g/mol. The van der Waals surface area contributed by atoms with Gasteiger partial charge in [-0.05, 0) is 95.3 Å². The number of carbonyl (C=O) groups is 3. The highest BCUT2D eigenvalue weighted by atomic mass is 32.2. The molecular formula is C47H86F6N10O8S2. The number of hydrogen-bond acceptors (Lipinski definition) is 11. The van der Waals surface area contributed by atoms with E-state index in [-0.39, 0.29) is 60.2 Å². The maximum absolute atomic E-state index is 13.4. The number of nitrogens with two attached hydrogens (primary N) is 1. The van der Waals surface area contributed by atoms with Crippen molar-refractivity contribution in [3.8, 4) is 33.9 Å². The van der Waals surface area contributed by atoms with Crippen molar-refractivity contribution < 1.29 is 111 Å². The zero-order chi connectivity index (χ0) is 85.9. The van der Waals surface area contributed by atoms with Crippen LogP contribution in [0, 0.1) is 13.8 Å². The Kier molecular flexibility index (Phi) is 12.2. The molecule has 0 aliphatic carbocycles. The summed E-state index contributed by atoms with van der Waals surface area (Å²) in [7, 11) is -8.13. The Labute approximate surface area is 467 Å². The average Bonchev–Trinajstić information content (AvgIpc) is 1.63. The van der Waals surface area contributed by atoms with Gasteiger partial charge in [0.2, 0.25) is 31.9 Å². The largest absolute Gasteiger partial charge is 0.444 e. The van der Waals surface area contributed by atoms with Crippen molar-refractivity contribution in [1.82, 2.24) is 45.0 Å². The molecule has 0 saturated carbocycles. The molecule has 0 spiro atoms. The number of aryl methyl sites for hydroxylation is 2. The minimum Gasteiger partial charge on any atom is -0.444 e. The number of sulfonamides is 2. The van der Waals surface area contributed by atoms with Crippen LogP contribution >= 0.6 is 0 Å². The van der Waals surface area contributed by atoms with E-state index in [9.17, 15) is 57.6 Å². The summed E-state index contributed by atoms with van der Waals surface area (Å²) in [6, 6.07) is 25.8. The van der Waals surface area contributed by atoms with Gasteiger partial charge in [0.1, 0.15) is 5.60 Å². The topological polar surface area (TPSA) is 251 Å². The first kappa shape index (κ1) is 37.6. The van der Waals surface area contributed by atoms with Gasteiger partial charge in [-0.15, -0.1) is 0 Å². The Balaban J connectivity index is -0.000000107. The van der Waals surface area contributed by atoms with Gasteiger partial charge in [-0.1, -0.05) is 59.7 Å². The number of benzene rings is 4. The second-order valence-corrected chi connectivity index (χ2v) is 20.5. The predicted molar refractivity (Wildman–Crippen MR) is 293 cm³/mol. The summed E-state index contributed by atoms with van der Waals surface area (Å²) in [6.45, 7) is 8.33. The molecule has 426 valence electrons. The Morgan fingerprint density at radius 3 is 1.29 bits per heavy atom. The van der Waals surface area contributed by atoms with Crippen LogP contribution < -0.4 is 31.1 Å². The van der Waals surface area contributed by atoms with Gasteiger partial charge < -0.3 is 26.4 Å². The van der Waals surface area contributed by atoms with Crippen LogP contribution in [0.25, 0.3) is 33.9 Å². The molecule has 0 aliphatic rings. The Morgan fingerprint density at radius 1 is 0.589 bits per heavy atom. The maximum Gasteiger partial charge on any atom is 0.435 e. The first-order valence-corrected chi connectivity index (χ1v) is 24.9. The molecule has 0 unspecified atom stereocenters. The summed E-state index contributed by atoms with van der Waals surface area (Å²) in [5.41, 5.74) is 6.16. The van der Waals surface area contributed by atoms with Crippen molar-refractivity contribution in [1.29, 1.82) is 0 Å². The third-order valence-electron chi connectivity index (χ3n) is 9.90.